The number of carbonyl (C=O) groups excluding carboxylic acids is 5. The summed E-state index contributed by atoms with van der Waals surface area (Å²) in [7, 11) is 0. The van der Waals surface area contributed by atoms with Crippen molar-refractivity contribution in [2.75, 3.05) is 97.1 Å². The van der Waals surface area contributed by atoms with Gasteiger partial charge in [-0.1, -0.05) is 32.0 Å². The predicted octanol–water partition coefficient (Wildman–Crippen LogP) is -1.34. The number of nitrogens with zero attached hydrogens (tertiary/aromatic N) is 5. The number of fused-ring (bicyclic) bond motifs is 1. The van der Waals surface area contributed by atoms with Gasteiger partial charge in [0.1, 0.15) is 18.1 Å². The van der Waals surface area contributed by atoms with E-state index >= 15 is 0 Å². The number of rotatable bonds is 30. The first-order valence-corrected chi connectivity index (χ1v) is 26.0. The van der Waals surface area contributed by atoms with E-state index in [9.17, 15) is 63.6 Å². The van der Waals surface area contributed by atoms with Gasteiger partial charge in [-0.25, -0.2) is 4.79 Å². The third kappa shape index (κ3) is 23.2. The Hall–Kier alpha value is -6.35. The Morgan fingerprint density at radius 2 is 1.18 bits per heavy atom. The zero-order valence-corrected chi connectivity index (χ0v) is 43.6. The van der Waals surface area contributed by atoms with Gasteiger partial charge in [-0.15, -0.1) is 0 Å². The molecule has 412 valence electrons. The fourth-order valence-corrected chi connectivity index (χ4v) is 8.93. The summed E-state index contributed by atoms with van der Waals surface area (Å²) in [4.78, 5) is 131. The fraction of sp³-hybridized carbons (Fsp3) is 0.625. The van der Waals surface area contributed by atoms with Gasteiger partial charge in [0.2, 0.25) is 23.6 Å². The molecule has 4 amide bonds. The average molecular weight is 1060 g/mol. The Kier molecular flexibility index (Phi) is 26.8. The number of hydrogen-bond acceptors (Lipinski definition) is 15. The number of aliphatic imine (C=N–C) groups is 1. The second-order valence-corrected chi connectivity index (χ2v) is 19.9. The molecular weight excluding hydrogens is 985 g/mol. The number of hydrogen-bond donors (Lipinski definition) is 11. The quantitative estimate of drug-likeness (QED) is 0.0245. The summed E-state index contributed by atoms with van der Waals surface area (Å²) in [6, 6.07) is 2.49. The minimum absolute atomic E-state index is 0.000123. The Morgan fingerprint density at radius 3 is 1.68 bits per heavy atom. The van der Waals surface area contributed by atoms with Crippen LogP contribution in [0.1, 0.15) is 58.4 Å². The van der Waals surface area contributed by atoms with Crippen LogP contribution in [0, 0.1) is 11.8 Å². The maximum atomic E-state index is 14.4. The van der Waals surface area contributed by atoms with Gasteiger partial charge < -0.3 is 58.1 Å². The molecule has 1 fully saturated rings. The number of amides is 4. The summed E-state index contributed by atoms with van der Waals surface area (Å²) in [5, 5.41) is 50.2. The van der Waals surface area contributed by atoms with Crippen molar-refractivity contribution in [2.24, 2.45) is 28.3 Å². The largest absolute Gasteiger partial charge is 0.480 e. The van der Waals surface area contributed by atoms with Crippen molar-refractivity contribution in [3.05, 3.63) is 36.0 Å². The van der Waals surface area contributed by atoms with E-state index in [1.807, 2.05) is 44.4 Å². The van der Waals surface area contributed by atoms with Crippen LogP contribution in [0.25, 0.3) is 10.9 Å². The zero-order valence-electron chi connectivity index (χ0n) is 42.8. The van der Waals surface area contributed by atoms with E-state index in [1.54, 1.807) is 25.8 Å². The third-order valence-corrected chi connectivity index (χ3v) is 13.0. The monoisotopic (exact) mass is 1060 g/mol. The van der Waals surface area contributed by atoms with Crippen molar-refractivity contribution < 1.29 is 63.6 Å². The minimum Gasteiger partial charge on any atom is -0.480 e. The molecule has 26 heteroatoms. The molecule has 3 rings (SSSR count). The second-order valence-electron chi connectivity index (χ2n) is 18.9. The molecule has 1 aromatic carbocycles. The molecule has 5 atom stereocenters. The van der Waals surface area contributed by atoms with E-state index in [-0.39, 0.29) is 135 Å². The summed E-state index contributed by atoms with van der Waals surface area (Å²) >= 11 is 1.41. The fourth-order valence-electron chi connectivity index (χ4n) is 8.46. The maximum Gasteiger partial charge on any atom is 0.326 e. The number of para-hydroxylation sites is 1. The molecule has 74 heavy (non-hydrogen) atoms. The molecule has 1 aliphatic rings. The highest BCUT2D eigenvalue weighted by atomic mass is 32.2. The van der Waals surface area contributed by atoms with E-state index in [1.165, 1.54) is 18.7 Å². The lowest BCUT2D eigenvalue weighted by Crippen LogP contribution is -2.57. The molecule has 0 aliphatic carbocycles. The highest BCUT2D eigenvalue weighted by molar-refractivity contribution is 7.98. The summed E-state index contributed by atoms with van der Waals surface area (Å²) < 4.78 is 0. The Bertz CT molecular complexity index is 2210. The number of ketones is 1. The van der Waals surface area contributed by atoms with E-state index in [2.05, 4.69) is 31.2 Å². The summed E-state index contributed by atoms with van der Waals surface area (Å²) in [5.41, 5.74) is 12.2. The molecule has 0 spiro atoms. The first-order valence-electron chi connectivity index (χ1n) is 24.6. The van der Waals surface area contributed by atoms with Crippen LogP contribution < -0.4 is 32.7 Å². The van der Waals surface area contributed by atoms with Gasteiger partial charge >= 0.3 is 23.9 Å². The molecular formula is C48H76N12O13S. The topological polar surface area (TPSA) is 376 Å². The van der Waals surface area contributed by atoms with Crippen molar-refractivity contribution in [3.8, 4) is 0 Å². The molecule has 2 aromatic rings. The molecule has 0 radical (unpaired) electrons. The Morgan fingerprint density at radius 1 is 0.676 bits per heavy atom. The number of nitrogens with one attached hydrogen (secondary N) is 5. The zero-order chi connectivity index (χ0) is 54.9. The minimum atomic E-state index is -1.31. The van der Waals surface area contributed by atoms with Crippen LogP contribution in [0.3, 0.4) is 0 Å². The predicted molar refractivity (Wildman–Crippen MR) is 277 cm³/mol. The van der Waals surface area contributed by atoms with Crippen LogP contribution in [0.2, 0.25) is 0 Å². The van der Waals surface area contributed by atoms with Crippen molar-refractivity contribution in [1.29, 1.82) is 0 Å². The van der Waals surface area contributed by atoms with Gasteiger partial charge in [-0.3, -0.25) is 62.9 Å². The lowest BCUT2D eigenvalue weighted by molar-refractivity contribution is -0.142. The molecule has 2 heterocycles. The SMILES string of the molecule is CSCC[C@H](NC(=O)[C@H](Cc1c[nH]c2ccccc12)NC(=O)[C@@H](CC(=O)[C@H](C)NC(=O)CN1CCN(CC(=O)O)CCN(CC(=O)O)CCN(CC(=O)O)CC1)CC(C)C)C(=O)N[C@@H](CCCN=C(N)N)C(=O)O. The van der Waals surface area contributed by atoms with Crippen molar-refractivity contribution in [1.82, 2.24) is 45.9 Å². The second kappa shape index (κ2) is 32.1. The normalized spacial score (nSPS) is 16.6. The molecule has 0 unspecified atom stereocenters. The van der Waals surface area contributed by atoms with Crippen molar-refractivity contribution in [3.63, 3.8) is 0 Å². The first kappa shape index (κ1) is 61.9. The van der Waals surface area contributed by atoms with E-state index in [4.69, 9.17) is 11.5 Å². The number of H-pyrrole nitrogens is 1. The molecule has 1 aliphatic heterocycles. The van der Waals surface area contributed by atoms with Gasteiger partial charge in [0.15, 0.2) is 11.7 Å². The van der Waals surface area contributed by atoms with Crippen molar-refractivity contribution in [2.45, 2.75) is 83.5 Å². The number of carboxylic acid groups (broad SMARTS) is 4. The van der Waals surface area contributed by atoms with Crippen LogP contribution in [-0.2, 0) is 49.6 Å². The number of aromatic nitrogens is 1. The van der Waals surface area contributed by atoms with Gasteiger partial charge in [0.25, 0.3) is 0 Å². The lowest BCUT2D eigenvalue weighted by Gasteiger charge is -2.33. The molecule has 25 nitrogen and oxygen atoms in total. The van der Waals surface area contributed by atoms with Crippen LogP contribution in [0.5, 0.6) is 0 Å². The molecule has 0 bridgehead atoms. The number of carbonyl (C=O) groups is 9. The smallest absolute Gasteiger partial charge is 0.326 e. The van der Waals surface area contributed by atoms with E-state index in [0.29, 0.717) is 11.3 Å². The highest BCUT2D eigenvalue weighted by Crippen LogP contribution is 2.22. The van der Waals surface area contributed by atoms with Crippen LogP contribution in [0.15, 0.2) is 35.5 Å². The average Bonchev–Trinajstić information content (AvgIpc) is 3.72. The standard InChI is InChI=1S/C48H76N12O13S/c1-30(2)22-32(24-39(61)31(3)53-40(62)26-57-13-15-58(27-41(63)64)17-19-60(29-43(67)68)20-18-59(16-14-57)28-42(65)66)44(69)56-38(23-33-25-52-35-9-6-5-8-34(33)35)46(71)54-36(11-21-74-4)45(70)55-37(47(72)73)10-7-12-51-48(49)50/h5-6,8-9,25,30-32,36-38,52H,7,10-24,26-29H2,1-4H3,(H,53,62)(H,54,71)(H,55,70)(H,56,69)(H,63,64)(H,65,66)(H,67,68)(H,72,73)(H4,49,50,51)/t31-,32+,36-,37-,38-/m0/s1. The molecule has 1 saturated heterocycles. The number of carboxylic acids is 4. The summed E-state index contributed by atoms with van der Waals surface area (Å²) in [6.45, 7) is 5.63. The molecule has 0 saturated carbocycles. The number of benzene rings is 1. The first-order chi connectivity index (χ1) is 35.0. The summed E-state index contributed by atoms with van der Waals surface area (Å²) in [6.07, 6.45) is 3.76. The van der Waals surface area contributed by atoms with E-state index in [0.717, 1.165) is 10.9 Å². The number of thioether (sulfide) groups is 1. The maximum absolute atomic E-state index is 14.4. The highest BCUT2D eigenvalue weighted by Gasteiger charge is 2.33. The van der Waals surface area contributed by atoms with E-state index < -0.39 is 83.4 Å². The van der Waals surface area contributed by atoms with Crippen LogP contribution in [-0.4, -0.2) is 226 Å². The Labute approximate surface area is 434 Å². The van der Waals surface area contributed by atoms with Gasteiger partial charge in [0.05, 0.1) is 32.2 Å². The van der Waals surface area contributed by atoms with Crippen molar-refractivity contribution >= 4 is 81.9 Å². The number of nitrogens with two attached hydrogens (primary N) is 2. The number of Topliss-reactive ketones (excluding diaryl/α,β-unsaturated/α-hetero) is 1. The lowest BCUT2D eigenvalue weighted by atomic mass is 9.89. The van der Waals surface area contributed by atoms with Gasteiger partial charge in [0, 0.05) is 94.8 Å². The van der Waals surface area contributed by atoms with Gasteiger partial charge in [-0.05, 0) is 62.2 Å². The molecule has 1 aromatic heterocycles. The number of guanidine groups is 1. The summed E-state index contributed by atoms with van der Waals surface area (Å²) in [5.74, 6) is -8.49. The van der Waals surface area contributed by atoms with Crippen LogP contribution >= 0.6 is 11.8 Å². The number of aromatic amines is 1. The van der Waals surface area contributed by atoms with Gasteiger partial charge in [-0.2, -0.15) is 11.8 Å². The number of aliphatic carboxylic acids is 4. The van der Waals surface area contributed by atoms with Crippen LogP contribution in [0.4, 0.5) is 0 Å². The Balaban J connectivity index is 1.81. The third-order valence-electron chi connectivity index (χ3n) is 12.3. The molecule has 13 N–H and O–H groups in total.